The van der Waals surface area contributed by atoms with Gasteiger partial charge in [-0.15, -0.1) is 0 Å². The molecule has 0 saturated carbocycles. The molecule has 2 rings (SSSR count). The molecule has 0 aromatic carbocycles. The minimum atomic E-state index is 0.327. The number of nitrogens with one attached hydrogen (secondary N) is 1. The minimum Gasteiger partial charge on any atom is -0.369 e. The standard InChI is InChI=1S/C14H16ClIN4/c1-4-17-14-11(16)12(8(2)3)19-13(20-14)10-6-5-9(15)7-18-10/h5-8H,4H2,1-3H3,(H,17,19,20). The van der Waals surface area contributed by atoms with Crippen LogP contribution in [0.2, 0.25) is 5.02 Å². The molecule has 6 heteroatoms. The lowest BCUT2D eigenvalue weighted by atomic mass is 10.1. The highest BCUT2D eigenvalue weighted by Gasteiger charge is 2.16. The summed E-state index contributed by atoms with van der Waals surface area (Å²) in [6.45, 7) is 7.12. The van der Waals surface area contributed by atoms with Gasteiger partial charge in [0.25, 0.3) is 0 Å². The summed E-state index contributed by atoms with van der Waals surface area (Å²) in [6.07, 6.45) is 1.61. The van der Waals surface area contributed by atoms with Gasteiger partial charge in [0.1, 0.15) is 11.5 Å². The summed E-state index contributed by atoms with van der Waals surface area (Å²) in [5.41, 5.74) is 1.76. The lowest BCUT2D eigenvalue weighted by molar-refractivity contribution is 0.807. The quantitative estimate of drug-likeness (QED) is 0.772. The van der Waals surface area contributed by atoms with Crippen molar-refractivity contribution in [3.8, 4) is 11.5 Å². The van der Waals surface area contributed by atoms with E-state index < -0.39 is 0 Å². The summed E-state index contributed by atoms with van der Waals surface area (Å²) in [4.78, 5) is 13.5. The number of aromatic nitrogens is 3. The first kappa shape index (κ1) is 15.4. The molecule has 1 N–H and O–H groups in total. The van der Waals surface area contributed by atoms with Crippen molar-refractivity contribution >= 4 is 40.0 Å². The molecule has 0 bridgehead atoms. The highest BCUT2D eigenvalue weighted by Crippen LogP contribution is 2.27. The van der Waals surface area contributed by atoms with E-state index in [9.17, 15) is 0 Å². The van der Waals surface area contributed by atoms with Gasteiger partial charge in [0.15, 0.2) is 5.82 Å². The van der Waals surface area contributed by atoms with Gasteiger partial charge in [-0.1, -0.05) is 25.4 Å². The number of hydrogen-bond donors (Lipinski definition) is 1. The molecule has 106 valence electrons. The van der Waals surface area contributed by atoms with Gasteiger partial charge in [-0.3, -0.25) is 4.98 Å². The molecule has 0 aliphatic rings. The largest absolute Gasteiger partial charge is 0.369 e. The van der Waals surface area contributed by atoms with Crippen LogP contribution in [-0.2, 0) is 0 Å². The van der Waals surface area contributed by atoms with Crippen LogP contribution in [0.1, 0.15) is 32.4 Å². The Bertz CT molecular complexity index is 599. The summed E-state index contributed by atoms with van der Waals surface area (Å²) < 4.78 is 1.07. The molecule has 2 aromatic heterocycles. The van der Waals surface area contributed by atoms with Gasteiger partial charge < -0.3 is 5.32 Å². The van der Waals surface area contributed by atoms with Crippen molar-refractivity contribution in [2.45, 2.75) is 26.7 Å². The summed E-state index contributed by atoms with van der Waals surface area (Å²) in [5, 5.41) is 3.89. The third kappa shape index (κ3) is 3.38. The summed E-state index contributed by atoms with van der Waals surface area (Å²) in [5.74, 6) is 1.81. The van der Waals surface area contributed by atoms with Crippen LogP contribution in [-0.4, -0.2) is 21.5 Å². The highest BCUT2D eigenvalue weighted by atomic mass is 127. The van der Waals surface area contributed by atoms with Crippen molar-refractivity contribution in [1.82, 2.24) is 15.0 Å². The molecule has 2 heterocycles. The molecule has 0 aliphatic heterocycles. The number of rotatable bonds is 4. The van der Waals surface area contributed by atoms with E-state index in [1.807, 2.05) is 13.0 Å². The number of hydrogen-bond acceptors (Lipinski definition) is 4. The van der Waals surface area contributed by atoms with Gasteiger partial charge in [0, 0.05) is 12.7 Å². The van der Waals surface area contributed by atoms with E-state index in [1.165, 1.54) is 0 Å². The van der Waals surface area contributed by atoms with E-state index in [0.29, 0.717) is 16.8 Å². The Morgan fingerprint density at radius 3 is 2.60 bits per heavy atom. The Labute approximate surface area is 137 Å². The van der Waals surface area contributed by atoms with Crippen LogP contribution in [0.5, 0.6) is 0 Å². The fourth-order valence-corrected chi connectivity index (χ4v) is 2.92. The van der Waals surface area contributed by atoms with E-state index in [4.69, 9.17) is 11.6 Å². The Kier molecular flexibility index (Phi) is 5.15. The van der Waals surface area contributed by atoms with Crippen molar-refractivity contribution in [3.05, 3.63) is 32.6 Å². The second kappa shape index (κ2) is 6.67. The van der Waals surface area contributed by atoms with Crippen LogP contribution in [0.15, 0.2) is 18.3 Å². The van der Waals surface area contributed by atoms with Crippen LogP contribution < -0.4 is 5.32 Å². The Morgan fingerprint density at radius 2 is 2.05 bits per heavy atom. The molecule has 20 heavy (non-hydrogen) atoms. The molecule has 0 amide bonds. The minimum absolute atomic E-state index is 0.327. The zero-order valence-corrected chi connectivity index (χ0v) is 14.5. The first-order chi connectivity index (χ1) is 9.52. The molecule has 0 aliphatic carbocycles. The Morgan fingerprint density at radius 1 is 1.30 bits per heavy atom. The maximum atomic E-state index is 5.87. The molecule has 0 saturated heterocycles. The maximum Gasteiger partial charge on any atom is 0.180 e. The zero-order chi connectivity index (χ0) is 14.7. The van der Waals surface area contributed by atoms with E-state index in [0.717, 1.165) is 27.3 Å². The summed E-state index contributed by atoms with van der Waals surface area (Å²) >= 11 is 8.16. The smallest absolute Gasteiger partial charge is 0.180 e. The molecule has 0 radical (unpaired) electrons. The first-order valence-electron chi connectivity index (χ1n) is 6.46. The number of nitrogens with zero attached hydrogens (tertiary/aromatic N) is 3. The van der Waals surface area contributed by atoms with Crippen molar-refractivity contribution in [2.24, 2.45) is 0 Å². The third-order valence-corrected chi connectivity index (χ3v) is 4.01. The number of pyridine rings is 1. The van der Waals surface area contributed by atoms with Gasteiger partial charge in [0.05, 0.1) is 14.3 Å². The van der Waals surface area contributed by atoms with Crippen LogP contribution in [0.3, 0.4) is 0 Å². The number of halogens is 2. The molecule has 0 unspecified atom stereocenters. The van der Waals surface area contributed by atoms with Crippen molar-refractivity contribution in [3.63, 3.8) is 0 Å². The monoisotopic (exact) mass is 402 g/mol. The molecule has 4 nitrogen and oxygen atoms in total. The van der Waals surface area contributed by atoms with Crippen molar-refractivity contribution < 1.29 is 0 Å². The van der Waals surface area contributed by atoms with Gasteiger partial charge in [0.2, 0.25) is 0 Å². The van der Waals surface area contributed by atoms with Gasteiger partial charge >= 0.3 is 0 Å². The average Bonchev–Trinajstić information content (AvgIpc) is 2.42. The van der Waals surface area contributed by atoms with Crippen molar-refractivity contribution in [1.29, 1.82) is 0 Å². The SMILES string of the molecule is CCNc1nc(-c2ccc(Cl)cn2)nc(C(C)C)c1I. The highest BCUT2D eigenvalue weighted by molar-refractivity contribution is 14.1. The molecule has 0 spiro atoms. The van der Waals surface area contributed by atoms with Crippen LogP contribution in [0.4, 0.5) is 5.82 Å². The topological polar surface area (TPSA) is 50.7 Å². The van der Waals surface area contributed by atoms with E-state index in [1.54, 1.807) is 12.3 Å². The predicted molar refractivity (Wildman–Crippen MR) is 91.2 cm³/mol. The number of anilines is 1. The average molecular weight is 403 g/mol. The summed E-state index contributed by atoms with van der Waals surface area (Å²) in [6, 6.07) is 3.64. The predicted octanol–water partition coefficient (Wildman–Crippen LogP) is 4.35. The molecular formula is C14H16ClIN4. The Hall–Kier alpha value is -0.950. The Balaban J connectivity index is 2.55. The van der Waals surface area contributed by atoms with Crippen LogP contribution in [0.25, 0.3) is 11.5 Å². The first-order valence-corrected chi connectivity index (χ1v) is 7.91. The van der Waals surface area contributed by atoms with Crippen LogP contribution >= 0.6 is 34.2 Å². The lowest BCUT2D eigenvalue weighted by Gasteiger charge is -2.14. The maximum absolute atomic E-state index is 5.87. The molecule has 0 atom stereocenters. The van der Waals surface area contributed by atoms with Crippen LogP contribution in [0, 0.1) is 3.57 Å². The molecule has 0 fully saturated rings. The van der Waals surface area contributed by atoms with E-state index >= 15 is 0 Å². The zero-order valence-electron chi connectivity index (χ0n) is 11.6. The van der Waals surface area contributed by atoms with Gasteiger partial charge in [-0.2, -0.15) is 0 Å². The molecular weight excluding hydrogens is 387 g/mol. The fraction of sp³-hybridized carbons (Fsp3) is 0.357. The normalized spacial score (nSPS) is 10.9. The summed E-state index contributed by atoms with van der Waals surface area (Å²) in [7, 11) is 0. The third-order valence-electron chi connectivity index (χ3n) is 2.72. The second-order valence-electron chi connectivity index (χ2n) is 4.64. The van der Waals surface area contributed by atoms with E-state index in [2.05, 4.69) is 56.7 Å². The van der Waals surface area contributed by atoms with Crippen molar-refractivity contribution in [2.75, 3.05) is 11.9 Å². The lowest BCUT2D eigenvalue weighted by Crippen LogP contribution is -2.09. The second-order valence-corrected chi connectivity index (χ2v) is 6.16. The van der Waals surface area contributed by atoms with Gasteiger partial charge in [-0.05, 0) is 47.6 Å². The van der Waals surface area contributed by atoms with E-state index in [-0.39, 0.29) is 0 Å². The van der Waals surface area contributed by atoms with Gasteiger partial charge in [-0.25, -0.2) is 9.97 Å². The fourth-order valence-electron chi connectivity index (χ4n) is 1.75. The molecule has 2 aromatic rings.